The molecule has 0 fully saturated rings. The highest BCUT2D eigenvalue weighted by atomic mass is 31.2. The van der Waals surface area contributed by atoms with Crippen molar-refractivity contribution < 1.29 is 48.2 Å². The molecule has 0 spiro atoms. The van der Waals surface area contributed by atoms with E-state index in [1.165, 1.54) is 51.4 Å². The molecule has 11 heteroatoms. The molecule has 0 aromatic heterocycles. The van der Waals surface area contributed by atoms with Gasteiger partial charge >= 0.3 is 19.8 Å². The summed E-state index contributed by atoms with van der Waals surface area (Å²) in [4.78, 5) is 42.7. The van der Waals surface area contributed by atoms with Crippen molar-refractivity contribution in [3.05, 3.63) is 48.6 Å². The standard InChI is InChI=1S/C38H67O10P/c1-3-5-7-9-11-13-15-17-19-21-23-25-28-35(39)36(40)29-27-31-37(41)46-32-34(33-47-49(43,44)45)48-38(42)30-26-24-22-20-18-16-14-12-10-8-6-4-2/h5,7,11,13,17,19,23,25,34-36,39-40H,3-4,6,8-10,12,14-16,18,20-22,24,26-33H2,1-2H3,(H2,43,44,45)/b7-5-,13-11-,19-17-,25-23-/t34-,35+,36+/m1/s1. The predicted octanol–water partition coefficient (Wildman–Crippen LogP) is 8.73. The van der Waals surface area contributed by atoms with Gasteiger partial charge in [0.1, 0.15) is 6.61 Å². The molecule has 0 unspecified atom stereocenters. The summed E-state index contributed by atoms with van der Waals surface area (Å²) in [5.74, 6) is -1.17. The molecule has 0 aliphatic rings. The second-order valence-corrected chi connectivity index (χ2v) is 13.7. The lowest BCUT2D eigenvalue weighted by Gasteiger charge is -2.19. The first-order valence-electron chi connectivity index (χ1n) is 18.6. The number of phosphoric ester groups is 1. The predicted molar refractivity (Wildman–Crippen MR) is 196 cm³/mol. The molecule has 4 N–H and O–H groups in total. The van der Waals surface area contributed by atoms with Crippen molar-refractivity contribution >= 4 is 19.8 Å². The first kappa shape index (κ1) is 46.9. The van der Waals surface area contributed by atoms with Crippen LogP contribution in [0.25, 0.3) is 0 Å². The SMILES string of the molecule is CC/C=C\C/C=C\C/C=C\C/C=C\C[C@H](O)[C@@H](O)CCCC(=O)OC[C@H](COP(=O)(O)O)OC(=O)CCCCCCCCCCCCCC. The molecule has 0 amide bonds. The second-order valence-electron chi connectivity index (χ2n) is 12.5. The third-order valence-corrected chi connectivity index (χ3v) is 8.30. The Kier molecular flexibility index (Phi) is 31.7. The maximum Gasteiger partial charge on any atom is 0.469 e. The van der Waals surface area contributed by atoms with Crippen molar-refractivity contribution in [2.75, 3.05) is 13.2 Å². The Labute approximate surface area is 296 Å². The monoisotopic (exact) mass is 714 g/mol. The van der Waals surface area contributed by atoms with Gasteiger partial charge in [0.2, 0.25) is 0 Å². The highest BCUT2D eigenvalue weighted by Gasteiger charge is 2.23. The fraction of sp³-hybridized carbons (Fsp3) is 0.737. The Morgan fingerprint density at radius 2 is 1.10 bits per heavy atom. The van der Waals surface area contributed by atoms with Gasteiger partial charge in [0.15, 0.2) is 6.10 Å². The molecule has 0 saturated heterocycles. The van der Waals surface area contributed by atoms with E-state index >= 15 is 0 Å². The van der Waals surface area contributed by atoms with Crippen LogP contribution in [0.2, 0.25) is 0 Å². The van der Waals surface area contributed by atoms with Crippen molar-refractivity contribution in [1.82, 2.24) is 0 Å². The van der Waals surface area contributed by atoms with Gasteiger partial charge in [0, 0.05) is 12.8 Å². The van der Waals surface area contributed by atoms with E-state index in [9.17, 15) is 24.4 Å². The Morgan fingerprint density at radius 1 is 0.612 bits per heavy atom. The van der Waals surface area contributed by atoms with E-state index in [0.717, 1.165) is 44.9 Å². The van der Waals surface area contributed by atoms with Crippen LogP contribution in [0, 0.1) is 0 Å². The van der Waals surface area contributed by atoms with Gasteiger partial charge in [-0.25, -0.2) is 4.57 Å². The minimum Gasteiger partial charge on any atom is -0.462 e. The number of carbonyl (C=O) groups is 2. The van der Waals surface area contributed by atoms with Crippen LogP contribution in [0.3, 0.4) is 0 Å². The summed E-state index contributed by atoms with van der Waals surface area (Å²) in [7, 11) is -4.82. The molecular formula is C38H67O10P. The molecule has 0 bridgehead atoms. The number of allylic oxidation sites excluding steroid dienone is 7. The molecular weight excluding hydrogens is 647 g/mol. The summed E-state index contributed by atoms with van der Waals surface area (Å²) in [5, 5.41) is 20.5. The van der Waals surface area contributed by atoms with Gasteiger partial charge < -0.3 is 29.5 Å². The summed E-state index contributed by atoms with van der Waals surface area (Å²) in [6, 6.07) is 0. The molecule has 0 aromatic carbocycles. The summed E-state index contributed by atoms with van der Waals surface area (Å²) < 4.78 is 26.1. The van der Waals surface area contributed by atoms with E-state index < -0.39 is 51.3 Å². The zero-order chi connectivity index (χ0) is 36.4. The van der Waals surface area contributed by atoms with E-state index in [-0.39, 0.29) is 32.1 Å². The fourth-order valence-electron chi connectivity index (χ4n) is 4.93. The van der Waals surface area contributed by atoms with Crippen molar-refractivity contribution in [3.63, 3.8) is 0 Å². The molecule has 284 valence electrons. The molecule has 0 aliphatic heterocycles. The molecule has 0 aromatic rings. The number of unbranched alkanes of at least 4 members (excludes halogenated alkanes) is 11. The van der Waals surface area contributed by atoms with Gasteiger partial charge in [-0.05, 0) is 51.4 Å². The van der Waals surface area contributed by atoms with E-state index in [4.69, 9.17) is 19.3 Å². The lowest BCUT2D eigenvalue weighted by molar-refractivity contribution is -0.161. The van der Waals surface area contributed by atoms with Gasteiger partial charge in [-0.1, -0.05) is 133 Å². The van der Waals surface area contributed by atoms with Crippen LogP contribution in [0.5, 0.6) is 0 Å². The summed E-state index contributed by atoms with van der Waals surface area (Å²) >= 11 is 0. The van der Waals surface area contributed by atoms with Gasteiger partial charge in [0.05, 0.1) is 18.8 Å². The molecule has 0 radical (unpaired) electrons. The van der Waals surface area contributed by atoms with Crippen LogP contribution in [0.4, 0.5) is 0 Å². The van der Waals surface area contributed by atoms with Crippen LogP contribution in [-0.4, -0.2) is 63.5 Å². The number of hydrogen-bond donors (Lipinski definition) is 4. The second kappa shape index (κ2) is 33.1. The maximum atomic E-state index is 12.3. The maximum absolute atomic E-state index is 12.3. The highest BCUT2D eigenvalue weighted by molar-refractivity contribution is 7.46. The first-order valence-corrected chi connectivity index (χ1v) is 20.1. The normalized spacial score (nSPS) is 14.3. The molecule has 10 nitrogen and oxygen atoms in total. The topological polar surface area (TPSA) is 160 Å². The van der Waals surface area contributed by atoms with E-state index in [1.54, 1.807) is 0 Å². The Balaban J connectivity index is 4.24. The zero-order valence-electron chi connectivity index (χ0n) is 30.3. The van der Waals surface area contributed by atoms with Gasteiger partial charge in [-0.15, -0.1) is 0 Å². The van der Waals surface area contributed by atoms with E-state index in [2.05, 4.69) is 48.8 Å². The number of rotatable bonds is 33. The molecule has 0 heterocycles. The quantitative estimate of drug-likeness (QED) is 0.0224. The average molecular weight is 715 g/mol. The molecule has 0 saturated carbocycles. The van der Waals surface area contributed by atoms with Crippen molar-refractivity contribution in [3.8, 4) is 0 Å². The van der Waals surface area contributed by atoms with E-state index in [0.29, 0.717) is 6.42 Å². The lowest BCUT2D eigenvalue weighted by Crippen LogP contribution is -2.29. The average Bonchev–Trinajstić information content (AvgIpc) is 3.06. The fourth-order valence-corrected chi connectivity index (χ4v) is 5.29. The van der Waals surface area contributed by atoms with Crippen molar-refractivity contribution in [2.24, 2.45) is 0 Å². The van der Waals surface area contributed by atoms with Crippen LogP contribution in [-0.2, 0) is 28.2 Å². The molecule has 3 atom stereocenters. The molecule has 0 aliphatic carbocycles. The third kappa shape index (κ3) is 34.2. The third-order valence-electron chi connectivity index (χ3n) is 7.81. The largest absolute Gasteiger partial charge is 0.469 e. The lowest BCUT2D eigenvalue weighted by atomic mass is 10.0. The molecule has 49 heavy (non-hydrogen) atoms. The van der Waals surface area contributed by atoms with Crippen LogP contribution in [0.15, 0.2) is 48.6 Å². The number of aliphatic hydroxyl groups excluding tert-OH is 2. The number of ether oxygens (including phenoxy) is 2. The Morgan fingerprint density at radius 3 is 1.63 bits per heavy atom. The van der Waals surface area contributed by atoms with Gasteiger partial charge in [-0.3, -0.25) is 14.1 Å². The minimum absolute atomic E-state index is 0.0490. The zero-order valence-corrected chi connectivity index (χ0v) is 31.2. The van der Waals surface area contributed by atoms with Crippen LogP contribution < -0.4 is 0 Å². The minimum atomic E-state index is -4.82. The van der Waals surface area contributed by atoms with Crippen LogP contribution >= 0.6 is 7.82 Å². The molecule has 0 rings (SSSR count). The Bertz CT molecular complexity index is 972. The van der Waals surface area contributed by atoms with Gasteiger partial charge in [-0.2, -0.15) is 0 Å². The Hall–Kier alpha value is -2.07. The number of aliphatic hydroxyl groups is 2. The van der Waals surface area contributed by atoms with Crippen molar-refractivity contribution in [2.45, 2.75) is 167 Å². The summed E-state index contributed by atoms with van der Waals surface area (Å²) in [5.41, 5.74) is 0. The first-order chi connectivity index (χ1) is 23.6. The van der Waals surface area contributed by atoms with E-state index in [1.807, 2.05) is 18.2 Å². The summed E-state index contributed by atoms with van der Waals surface area (Å²) in [6.45, 7) is 3.29. The smallest absolute Gasteiger partial charge is 0.462 e. The van der Waals surface area contributed by atoms with Gasteiger partial charge in [0.25, 0.3) is 0 Å². The highest BCUT2D eigenvalue weighted by Crippen LogP contribution is 2.36. The van der Waals surface area contributed by atoms with Crippen LogP contribution in [0.1, 0.15) is 149 Å². The number of esters is 2. The number of hydrogen-bond acceptors (Lipinski definition) is 8. The number of phosphoric acid groups is 1. The summed E-state index contributed by atoms with van der Waals surface area (Å²) in [6.07, 6.45) is 31.6. The number of carbonyl (C=O) groups excluding carboxylic acids is 2. The van der Waals surface area contributed by atoms with Crippen molar-refractivity contribution in [1.29, 1.82) is 0 Å².